The maximum Gasteiger partial charge on any atom is 0.0576 e. The van der Waals surface area contributed by atoms with Gasteiger partial charge in [-0.1, -0.05) is 12.1 Å². The molecule has 2 nitrogen and oxygen atoms in total. The fraction of sp³-hybridized carbons (Fsp3) is 0.571. The van der Waals surface area contributed by atoms with Gasteiger partial charge in [0.2, 0.25) is 0 Å². The number of nitrogens with two attached hydrogens (primary N) is 1. The molecule has 0 amide bonds. The molecule has 1 aliphatic heterocycles. The zero-order valence-electron chi connectivity index (χ0n) is 10.2. The van der Waals surface area contributed by atoms with Crippen molar-refractivity contribution < 1.29 is 4.74 Å². The van der Waals surface area contributed by atoms with Crippen molar-refractivity contribution in [3.05, 3.63) is 29.8 Å². The summed E-state index contributed by atoms with van der Waals surface area (Å²) in [5.41, 5.74) is 6.77. The summed E-state index contributed by atoms with van der Waals surface area (Å²) in [5, 5.41) is 0. The molecule has 0 aromatic heterocycles. The van der Waals surface area contributed by atoms with Gasteiger partial charge in [0.05, 0.1) is 6.10 Å². The first-order valence-corrected chi connectivity index (χ1v) is 7.40. The zero-order valence-corrected chi connectivity index (χ0v) is 11.0. The van der Waals surface area contributed by atoms with Crippen LogP contribution in [-0.2, 0) is 11.3 Å². The van der Waals surface area contributed by atoms with Crippen LogP contribution in [0.4, 0.5) is 0 Å². The molecule has 1 unspecified atom stereocenters. The first-order valence-electron chi connectivity index (χ1n) is 6.42. The Morgan fingerprint density at radius 2 is 2.12 bits per heavy atom. The average molecular weight is 251 g/mol. The van der Waals surface area contributed by atoms with E-state index in [9.17, 15) is 0 Å². The second-order valence-electron chi connectivity index (χ2n) is 4.47. The highest BCUT2D eigenvalue weighted by atomic mass is 32.2. The van der Waals surface area contributed by atoms with Gasteiger partial charge in [-0.2, -0.15) is 0 Å². The molecule has 1 fully saturated rings. The Kier molecular flexibility index (Phi) is 5.36. The van der Waals surface area contributed by atoms with Gasteiger partial charge in [-0.05, 0) is 49.1 Å². The van der Waals surface area contributed by atoms with Gasteiger partial charge in [-0.25, -0.2) is 0 Å². The van der Waals surface area contributed by atoms with E-state index in [1.54, 1.807) is 0 Å². The second kappa shape index (κ2) is 7.04. The lowest BCUT2D eigenvalue weighted by Gasteiger charge is -2.08. The minimum absolute atomic E-state index is 0.537. The molecule has 1 aromatic carbocycles. The van der Waals surface area contributed by atoms with E-state index in [2.05, 4.69) is 24.3 Å². The SMILES string of the molecule is NCc1ccc(SCCCC2CCCO2)cc1. The third-order valence-corrected chi connectivity index (χ3v) is 4.22. The quantitative estimate of drug-likeness (QED) is 0.623. The topological polar surface area (TPSA) is 35.2 Å². The number of ether oxygens (including phenoxy) is 1. The Hall–Kier alpha value is -0.510. The Morgan fingerprint density at radius 1 is 1.29 bits per heavy atom. The van der Waals surface area contributed by atoms with E-state index < -0.39 is 0 Å². The van der Waals surface area contributed by atoms with E-state index in [1.807, 2.05) is 11.8 Å². The van der Waals surface area contributed by atoms with Crippen LogP contribution in [-0.4, -0.2) is 18.5 Å². The van der Waals surface area contributed by atoms with Gasteiger partial charge in [-0.3, -0.25) is 0 Å². The van der Waals surface area contributed by atoms with E-state index in [0.717, 1.165) is 6.61 Å². The minimum atomic E-state index is 0.537. The summed E-state index contributed by atoms with van der Waals surface area (Å²) in [4.78, 5) is 1.34. The molecule has 1 aliphatic rings. The molecule has 0 radical (unpaired) electrons. The largest absolute Gasteiger partial charge is 0.378 e. The summed E-state index contributed by atoms with van der Waals surface area (Å²) in [6.45, 7) is 1.60. The molecule has 2 N–H and O–H groups in total. The number of rotatable bonds is 6. The zero-order chi connectivity index (χ0) is 11.9. The minimum Gasteiger partial charge on any atom is -0.378 e. The van der Waals surface area contributed by atoms with Crippen LogP contribution >= 0.6 is 11.8 Å². The van der Waals surface area contributed by atoms with E-state index in [0.29, 0.717) is 12.6 Å². The lowest BCUT2D eigenvalue weighted by atomic mass is 10.1. The van der Waals surface area contributed by atoms with Crippen LogP contribution in [0.1, 0.15) is 31.2 Å². The lowest BCUT2D eigenvalue weighted by molar-refractivity contribution is 0.104. The predicted molar refractivity (Wildman–Crippen MR) is 73.3 cm³/mol. The number of hydrogen-bond donors (Lipinski definition) is 1. The molecule has 0 spiro atoms. The van der Waals surface area contributed by atoms with Crippen LogP contribution < -0.4 is 5.73 Å². The fourth-order valence-corrected chi connectivity index (χ4v) is 2.97. The van der Waals surface area contributed by atoms with Gasteiger partial charge in [0.15, 0.2) is 0 Å². The number of thioether (sulfide) groups is 1. The highest BCUT2D eigenvalue weighted by Crippen LogP contribution is 2.22. The van der Waals surface area contributed by atoms with Crippen molar-refractivity contribution in [1.29, 1.82) is 0 Å². The van der Waals surface area contributed by atoms with Crippen molar-refractivity contribution in [2.75, 3.05) is 12.4 Å². The van der Waals surface area contributed by atoms with E-state index in [-0.39, 0.29) is 0 Å². The lowest BCUT2D eigenvalue weighted by Crippen LogP contribution is -2.04. The van der Waals surface area contributed by atoms with Crippen LogP contribution in [0.2, 0.25) is 0 Å². The molecule has 1 saturated heterocycles. The molecular formula is C14H21NOS. The van der Waals surface area contributed by atoms with Gasteiger partial charge in [0, 0.05) is 18.0 Å². The summed E-state index contributed by atoms with van der Waals surface area (Å²) < 4.78 is 5.61. The number of hydrogen-bond acceptors (Lipinski definition) is 3. The Bertz CT molecular complexity index is 319. The maximum absolute atomic E-state index is 5.61. The molecule has 0 aliphatic carbocycles. The Labute approximate surface area is 108 Å². The van der Waals surface area contributed by atoms with Crippen molar-refractivity contribution in [3.8, 4) is 0 Å². The average Bonchev–Trinajstić information content (AvgIpc) is 2.88. The van der Waals surface area contributed by atoms with Gasteiger partial charge in [-0.15, -0.1) is 11.8 Å². The smallest absolute Gasteiger partial charge is 0.0576 e. The fourth-order valence-electron chi connectivity index (χ4n) is 2.09. The standard InChI is InChI=1S/C14H21NOS/c15-11-12-5-7-14(8-6-12)17-10-2-4-13-3-1-9-16-13/h5-8,13H,1-4,9-11,15H2. The molecule has 1 aromatic rings. The van der Waals surface area contributed by atoms with Crippen LogP contribution in [0.5, 0.6) is 0 Å². The van der Waals surface area contributed by atoms with Gasteiger partial charge >= 0.3 is 0 Å². The summed E-state index contributed by atoms with van der Waals surface area (Å²) >= 11 is 1.93. The molecule has 3 heteroatoms. The van der Waals surface area contributed by atoms with Crippen molar-refractivity contribution in [1.82, 2.24) is 0 Å². The summed E-state index contributed by atoms with van der Waals surface area (Å²) in [6, 6.07) is 8.56. The highest BCUT2D eigenvalue weighted by molar-refractivity contribution is 7.99. The third-order valence-electron chi connectivity index (χ3n) is 3.12. The van der Waals surface area contributed by atoms with Crippen LogP contribution in [0.3, 0.4) is 0 Å². The summed E-state index contributed by atoms with van der Waals surface area (Å²) in [6.07, 6.45) is 5.51. The van der Waals surface area contributed by atoms with Crippen molar-refractivity contribution >= 4 is 11.8 Å². The van der Waals surface area contributed by atoms with Crippen LogP contribution in [0, 0.1) is 0 Å². The number of benzene rings is 1. The monoisotopic (exact) mass is 251 g/mol. The maximum atomic E-state index is 5.61. The van der Waals surface area contributed by atoms with Crippen LogP contribution in [0.25, 0.3) is 0 Å². The molecule has 1 atom stereocenters. The predicted octanol–water partition coefficient (Wildman–Crippen LogP) is 3.20. The highest BCUT2D eigenvalue weighted by Gasteiger charge is 2.14. The van der Waals surface area contributed by atoms with Gasteiger partial charge in [0.1, 0.15) is 0 Å². The van der Waals surface area contributed by atoms with E-state index in [1.165, 1.54) is 41.9 Å². The molecule has 94 valence electrons. The van der Waals surface area contributed by atoms with Crippen molar-refractivity contribution in [3.63, 3.8) is 0 Å². The second-order valence-corrected chi connectivity index (χ2v) is 5.64. The molecule has 0 saturated carbocycles. The molecular weight excluding hydrogens is 230 g/mol. The summed E-state index contributed by atoms with van der Waals surface area (Å²) in [7, 11) is 0. The first kappa shape index (κ1) is 12.9. The van der Waals surface area contributed by atoms with Crippen molar-refractivity contribution in [2.45, 2.75) is 43.2 Å². The van der Waals surface area contributed by atoms with E-state index in [4.69, 9.17) is 10.5 Å². The first-order chi connectivity index (χ1) is 8.38. The van der Waals surface area contributed by atoms with Crippen molar-refractivity contribution in [2.24, 2.45) is 5.73 Å². The third kappa shape index (κ3) is 4.34. The van der Waals surface area contributed by atoms with Gasteiger partial charge in [0.25, 0.3) is 0 Å². The Balaban J connectivity index is 1.63. The Morgan fingerprint density at radius 3 is 2.76 bits per heavy atom. The van der Waals surface area contributed by atoms with Crippen LogP contribution in [0.15, 0.2) is 29.2 Å². The van der Waals surface area contributed by atoms with E-state index >= 15 is 0 Å². The summed E-state index contributed by atoms with van der Waals surface area (Å²) in [5.74, 6) is 1.18. The molecule has 1 heterocycles. The molecule has 0 bridgehead atoms. The normalized spacial score (nSPS) is 19.7. The van der Waals surface area contributed by atoms with Gasteiger partial charge < -0.3 is 10.5 Å². The molecule has 2 rings (SSSR count). The molecule has 17 heavy (non-hydrogen) atoms.